The van der Waals surface area contributed by atoms with Crippen LogP contribution in [-0.2, 0) is 18.5 Å². The van der Waals surface area contributed by atoms with Gasteiger partial charge < -0.3 is 9.47 Å². The first-order valence-corrected chi connectivity index (χ1v) is 8.01. The van der Waals surface area contributed by atoms with Gasteiger partial charge in [-0.25, -0.2) is 13.2 Å². The quantitative estimate of drug-likeness (QED) is 0.629. The fraction of sp³-hybridized carbons (Fsp3) is 0.364. The highest BCUT2D eigenvalue weighted by molar-refractivity contribution is 8.13. The Morgan fingerprint density at radius 2 is 2.05 bits per heavy atom. The van der Waals surface area contributed by atoms with Crippen LogP contribution in [0.15, 0.2) is 17.0 Å². The van der Waals surface area contributed by atoms with Crippen molar-refractivity contribution in [3.63, 3.8) is 0 Å². The molecule has 1 saturated heterocycles. The molecule has 0 amide bonds. The average Bonchev–Trinajstić information content (AvgIpc) is 2.24. The Morgan fingerprint density at radius 1 is 1.42 bits per heavy atom. The highest BCUT2D eigenvalue weighted by Gasteiger charge is 2.26. The topological polar surface area (TPSA) is 69.7 Å². The van der Waals surface area contributed by atoms with Gasteiger partial charge in [0, 0.05) is 15.7 Å². The van der Waals surface area contributed by atoms with Gasteiger partial charge in [-0.2, -0.15) is 0 Å². The summed E-state index contributed by atoms with van der Waals surface area (Å²) in [6.45, 7) is 2.15. The maximum absolute atomic E-state index is 11.9. The number of carbonyl (C=O) groups excluding carboxylic acids is 1. The van der Waals surface area contributed by atoms with Crippen molar-refractivity contribution in [1.82, 2.24) is 0 Å². The molecule has 0 spiro atoms. The maximum atomic E-state index is 11.9. The molecule has 1 aliphatic heterocycles. The number of esters is 1. The molecular weight excluding hydrogens is 315 g/mol. The molecule has 0 N–H and O–H groups in total. The lowest BCUT2D eigenvalue weighted by Crippen LogP contribution is -2.38. The van der Waals surface area contributed by atoms with Crippen LogP contribution >= 0.6 is 22.3 Å². The van der Waals surface area contributed by atoms with Gasteiger partial charge in [-0.05, 0) is 24.6 Å². The smallest absolute Gasteiger partial charge is 0.338 e. The van der Waals surface area contributed by atoms with E-state index in [0.29, 0.717) is 13.2 Å². The molecule has 0 aliphatic carbocycles. The second kappa shape index (κ2) is 5.28. The third kappa shape index (κ3) is 3.20. The molecule has 1 heterocycles. The summed E-state index contributed by atoms with van der Waals surface area (Å²) in [5.74, 6) is -0.644. The van der Waals surface area contributed by atoms with Crippen LogP contribution in [0.25, 0.3) is 0 Å². The molecule has 19 heavy (non-hydrogen) atoms. The van der Waals surface area contributed by atoms with E-state index in [1.165, 1.54) is 19.1 Å². The number of halogens is 2. The first kappa shape index (κ1) is 14.6. The molecule has 0 unspecified atom stereocenters. The zero-order valence-electron chi connectivity index (χ0n) is 9.85. The van der Waals surface area contributed by atoms with Crippen molar-refractivity contribution in [2.24, 2.45) is 0 Å². The van der Waals surface area contributed by atoms with E-state index in [-0.39, 0.29) is 27.1 Å². The monoisotopic (exact) mass is 324 g/mol. The van der Waals surface area contributed by atoms with Gasteiger partial charge in [-0.3, -0.25) is 0 Å². The van der Waals surface area contributed by atoms with Crippen molar-refractivity contribution >= 4 is 37.3 Å². The van der Waals surface area contributed by atoms with Crippen LogP contribution in [-0.4, -0.2) is 33.7 Å². The molecule has 1 aromatic carbocycles. The van der Waals surface area contributed by atoms with Gasteiger partial charge in [0.1, 0.15) is 6.10 Å². The van der Waals surface area contributed by atoms with Gasteiger partial charge in [0.25, 0.3) is 9.05 Å². The Hall–Kier alpha value is -0.820. The van der Waals surface area contributed by atoms with E-state index >= 15 is 0 Å². The predicted octanol–water partition coefficient (Wildman–Crippen LogP) is 2.13. The lowest BCUT2D eigenvalue weighted by atomic mass is 10.1. The molecule has 1 aliphatic rings. The van der Waals surface area contributed by atoms with Crippen molar-refractivity contribution in [3.05, 3.63) is 28.3 Å². The van der Waals surface area contributed by atoms with Crippen LogP contribution in [0.1, 0.15) is 15.9 Å². The fourth-order valence-corrected chi connectivity index (χ4v) is 3.12. The van der Waals surface area contributed by atoms with E-state index in [4.69, 9.17) is 31.8 Å². The Bertz CT molecular complexity index is 622. The van der Waals surface area contributed by atoms with E-state index in [1.807, 2.05) is 0 Å². The van der Waals surface area contributed by atoms with Crippen LogP contribution in [0.2, 0.25) is 5.02 Å². The number of ether oxygens (including phenoxy) is 2. The minimum Gasteiger partial charge on any atom is -0.454 e. The largest absolute Gasteiger partial charge is 0.454 e. The number of hydrogen-bond acceptors (Lipinski definition) is 5. The minimum absolute atomic E-state index is 0.0821. The highest BCUT2D eigenvalue weighted by atomic mass is 35.7. The van der Waals surface area contributed by atoms with E-state index in [2.05, 4.69) is 0 Å². The number of benzene rings is 1. The molecule has 104 valence electrons. The standard InChI is InChI=1S/C11H10Cl2O5S/c1-6-9(11(14)18-8-4-17-5-8)2-7(12)3-10(6)19(13,15)16/h2-3,8H,4-5H2,1H3. The van der Waals surface area contributed by atoms with E-state index in [1.54, 1.807) is 0 Å². The van der Waals surface area contributed by atoms with E-state index in [0.717, 1.165) is 0 Å². The van der Waals surface area contributed by atoms with Gasteiger partial charge in [-0.1, -0.05) is 11.6 Å². The Morgan fingerprint density at radius 3 is 2.53 bits per heavy atom. The van der Waals surface area contributed by atoms with E-state index in [9.17, 15) is 13.2 Å². The second-order valence-corrected chi connectivity index (χ2v) is 7.05. The summed E-state index contributed by atoms with van der Waals surface area (Å²) >= 11 is 5.80. The summed E-state index contributed by atoms with van der Waals surface area (Å²) in [6.07, 6.45) is -0.304. The summed E-state index contributed by atoms with van der Waals surface area (Å²) in [5, 5.41) is 0.0987. The molecule has 0 saturated carbocycles. The third-order valence-corrected chi connectivity index (χ3v) is 4.35. The Labute approximate surface area is 119 Å². The number of rotatable bonds is 3. The molecule has 1 aromatic rings. The lowest BCUT2D eigenvalue weighted by Gasteiger charge is -2.26. The fourth-order valence-electron chi connectivity index (χ4n) is 1.62. The first-order valence-electron chi connectivity index (χ1n) is 5.32. The molecule has 5 nitrogen and oxygen atoms in total. The Balaban J connectivity index is 2.39. The summed E-state index contributed by atoms with van der Waals surface area (Å²) < 4.78 is 32.8. The minimum atomic E-state index is -3.98. The molecular formula is C11H10Cl2O5S. The molecule has 0 aromatic heterocycles. The van der Waals surface area contributed by atoms with Gasteiger partial charge in [0.2, 0.25) is 0 Å². The zero-order valence-corrected chi connectivity index (χ0v) is 12.2. The van der Waals surface area contributed by atoms with E-state index < -0.39 is 15.0 Å². The molecule has 0 bridgehead atoms. The van der Waals surface area contributed by atoms with Crippen LogP contribution in [0, 0.1) is 6.92 Å². The van der Waals surface area contributed by atoms with Crippen molar-refractivity contribution in [1.29, 1.82) is 0 Å². The summed E-state index contributed by atoms with van der Waals surface area (Å²) in [4.78, 5) is 11.7. The SMILES string of the molecule is Cc1c(C(=O)OC2COC2)cc(Cl)cc1S(=O)(=O)Cl. The van der Waals surface area contributed by atoms with Crippen LogP contribution in [0.3, 0.4) is 0 Å². The van der Waals surface area contributed by atoms with Crippen molar-refractivity contribution < 1.29 is 22.7 Å². The normalized spacial score (nSPS) is 15.9. The van der Waals surface area contributed by atoms with Gasteiger partial charge in [0.05, 0.1) is 23.7 Å². The van der Waals surface area contributed by atoms with Crippen molar-refractivity contribution in [2.45, 2.75) is 17.9 Å². The zero-order chi connectivity index (χ0) is 14.2. The summed E-state index contributed by atoms with van der Waals surface area (Å²) in [6, 6.07) is 2.55. The summed E-state index contributed by atoms with van der Waals surface area (Å²) in [5.41, 5.74) is 0.295. The summed E-state index contributed by atoms with van der Waals surface area (Å²) in [7, 11) is 1.32. The number of carbonyl (C=O) groups is 1. The molecule has 2 rings (SSSR count). The molecule has 1 fully saturated rings. The van der Waals surface area contributed by atoms with Crippen LogP contribution in [0.5, 0.6) is 0 Å². The number of hydrogen-bond donors (Lipinski definition) is 0. The molecule has 0 atom stereocenters. The van der Waals surface area contributed by atoms with Crippen molar-refractivity contribution in [2.75, 3.05) is 13.2 Å². The third-order valence-electron chi connectivity index (χ3n) is 2.69. The van der Waals surface area contributed by atoms with Gasteiger partial charge in [0.15, 0.2) is 0 Å². The second-order valence-electron chi connectivity index (χ2n) is 4.08. The van der Waals surface area contributed by atoms with Crippen LogP contribution in [0.4, 0.5) is 0 Å². The first-order chi connectivity index (χ1) is 8.79. The predicted molar refractivity (Wildman–Crippen MR) is 69.3 cm³/mol. The highest BCUT2D eigenvalue weighted by Crippen LogP contribution is 2.27. The van der Waals surface area contributed by atoms with Crippen molar-refractivity contribution in [3.8, 4) is 0 Å². The van der Waals surface area contributed by atoms with Gasteiger partial charge in [-0.15, -0.1) is 0 Å². The lowest BCUT2D eigenvalue weighted by molar-refractivity contribution is -0.103. The molecule has 0 radical (unpaired) electrons. The van der Waals surface area contributed by atoms with Crippen LogP contribution < -0.4 is 0 Å². The van der Waals surface area contributed by atoms with Gasteiger partial charge >= 0.3 is 5.97 Å². The maximum Gasteiger partial charge on any atom is 0.338 e. The Kier molecular flexibility index (Phi) is 4.06. The molecule has 8 heteroatoms. The average molecular weight is 325 g/mol.